The zero-order chi connectivity index (χ0) is 16.4. The molecule has 0 unspecified atom stereocenters. The van der Waals surface area contributed by atoms with E-state index in [0.717, 1.165) is 12.1 Å². The molecule has 7 nitrogen and oxygen atoms in total. The van der Waals surface area contributed by atoms with E-state index in [0.29, 0.717) is 0 Å². The van der Waals surface area contributed by atoms with E-state index in [9.17, 15) is 22.9 Å². The molecule has 2 N–H and O–H groups in total. The second kappa shape index (κ2) is 6.24. The Balaban J connectivity index is 3.01. The van der Waals surface area contributed by atoms with Crippen molar-refractivity contribution in [3.05, 3.63) is 32.5 Å². The fraction of sp³-hybridized carbons (Fsp3) is 0.455. The fourth-order valence-corrected chi connectivity index (χ4v) is 3.39. The van der Waals surface area contributed by atoms with Gasteiger partial charge in [-0.15, -0.1) is 0 Å². The molecule has 1 aromatic carbocycles. The van der Waals surface area contributed by atoms with Gasteiger partial charge in [0.2, 0.25) is 15.8 Å². The molecule has 0 fully saturated rings. The maximum atomic E-state index is 13.2. The molecular formula is C11H14BrFN2O5S. The number of nitro benzene ring substituents is 1. The van der Waals surface area contributed by atoms with Crippen molar-refractivity contribution < 1.29 is 22.5 Å². The van der Waals surface area contributed by atoms with Crippen LogP contribution in [0, 0.1) is 21.3 Å². The summed E-state index contributed by atoms with van der Waals surface area (Å²) in [7, 11) is -3.72. The third-order valence-corrected chi connectivity index (χ3v) is 4.16. The molecule has 0 bridgehead atoms. The fourth-order valence-electron chi connectivity index (χ4n) is 1.68. The molecule has 1 rings (SSSR count). The number of hydrogen-bond donors (Lipinski definition) is 1. The normalized spacial score (nSPS) is 12.2. The molecule has 0 aliphatic carbocycles. The number of primary sulfonamides is 1. The largest absolute Gasteiger partial charge is 0.485 e. The van der Waals surface area contributed by atoms with E-state index in [2.05, 4.69) is 15.9 Å². The first-order chi connectivity index (χ1) is 9.41. The van der Waals surface area contributed by atoms with Crippen molar-refractivity contribution in [2.45, 2.75) is 13.8 Å². The molecule has 1 aromatic rings. The molecule has 0 saturated heterocycles. The van der Waals surface area contributed by atoms with Gasteiger partial charge in [0.25, 0.3) is 0 Å². The molecule has 0 heterocycles. The topological polar surface area (TPSA) is 113 Å². The van der Waals surface area contributed by atoms with Gasteiger partial charge in [-0.3, -0.25) is 10.1 Å². The minimum absolute atomic E-state index is 0.0700. The molecule has 10 heteroatoms. The van der Waals surface area contributed by atoms with Crippen molar-refractivity contribution in [1.82, 2.24) is 0 Å². The molecular weight excluding hydrogens is 371 g/mol. The second-order valence-electron chi connectivity index (χ2n) is 5.25. The first-order valence-electron chi connectivity index (χ1n) is 5.68. The van der Waals surface area contributed by atoms with Gasteiger partial charge in [0.15, 0.2) is 0 Å². The van der Waals surface area contributed by atoms with Crippen molar-refractivity contribution in [2.75, 3.05) is 12.4 Å². The zero-order valence-electron chi connectivity index (χ0n) is 11.3. The highest BCUT2D eigenvalue weighted by Gasteiger charge is 2.28. The average Bonchev–Trinajstić information content (AvgIpc) is 2.23. The molecule has 21 heavy (non-hydrogen) atoms. The average molecular weight is 385 g/mol. The summed E-state index contributed by atoms with van der Waals surface area (Å²) in [6.45, 7) is 3.02. The van der Waals surface area contributed by atoms with Crippen LogP contribution in [0.1, 0.15) is 13.8 Å². The number of nitro groups is 1. The lowest BCUT2D eigenvalue weighted by atomic mass is 9.98. The van der Waals surface area contributed by atoms with Gasteiger partial charge in [0.1, 0.15) is 5.82 Å². The third-order valence-electron chi connectivity index (χ3n) is 2.38. The predicted molar refractivity (Wildman–Crippen MR) is 78.0 cm³/mol. The van der Waals surface area contributed by atoms with Crippen molar-refractivity contribution in [1.29, 1.82) is 0 Å². The number of sulfonamides is 1. The van der Waals surface area contributed by atoms with E-state index in [1.165, 1.54) is 0 Å². The van der Waals surface area contributed by atoms with Crippen LogP contribution in [0.25, 0.3) is 0 Å². The highest BCUT2D eigenvalue weighted by Crippen LogP contribution is 2.37. The van der Waals surface area contributed by atoms with Crippen LogP contribution in [0.3, 0.4) is 0 Å². The molecule has 0 aromatic heterocycles. The smallest absolute Gasteiger partial charge is 0.315 e. The predicted octanol–water partition coefficient (Wildman–Crippen LogP) is 2.19. The lowest BCUT2D eigenvalue weighted by Crippen LogP contribution is -2.33. The van der Waals surface area contributed by atoms with Crippen LogP contribution in [0.15, 0.2) is 16.6 Å². The number of hydrogen-bond acceptors (Lipinski definition) is 5. The summed E-state index contributed by atoms with van der Waals surface area (Å²) < 4.78 is 40.8. The Labute approximate surface area is 129 Å². The van der Waals surface area contributed by atoms with Crippen molar-refractivity contribution in [2.24, 2.45) is 10.6 Å². The van der Waals surface area contributed by atoms with Gasteiger partial charge in [0.05, 0.1) is 27.8 Å². The van der Waals surface area contributed by atoms with Crippen LogP contribution in [0.4, 0.5) is 10.1 Å². The standard InChI is InChI=1S/C11H14BrFN2O5S/c1-11(2,6-21(14,18)19)5-20-10-8(12)3-7(13)4-9(10)15(16)17/h3-4H,5-6H2,1-2H3,(H2,14,18,19). The van der Waals surface area contributed by atoms with Gasteiger partial charge in [-0.25, -0.2) is 17.9 Å². The van der Waals surface area contributed by atoms with Crippen LogP contribution in [-0.2, 0) is 10.0 Å². The number of halogens is 2. The zero-order valence-corrected chi connectivity index (χ0v) is 13.7. The van der Waals surface area contributed by atoms with E-state index in [1.54, 1.807) is 13.8 Å². The summed E-state index contributed by atoms with van der Waals surface area (Å²) in [5.74, 6) is -1.30. The van der Waals surface area contributed by atoms with Gasteiger partial charge in [-0.1, -0.05) is 13.8 Å². The van der Waals surface area contributed by atoms with Gasteiger partial charge in [0, 0.05) is 5.41 Å². The minimum Gasteiger partial charge on any atom is -0.485 e. The Morgan fingerprint density at radius 2 is 2.05 bits per heavy atom. The maximum Gasteiger partial charge on any atom is 0.315 e. The molecule has 0 amide bonds. The Morgan fingerprint density at radius 3 is 2.52 bits per heavy atom. The summed E-state index contributed by atoms with van der Waals surface area (Å²) in [4.78, 5) is 10.1. The van der Waals surface area contributed by atoms with Crippen LogP contribution >= 0.6 is 15.9 Å². The van der Waals surface area contributed by atoms with E-state index in [4.69, 9.17) is 9.88 Å². The van der Waals surface area contributed by atoms with Gasteiger partial charge in [-0.05, 0) is 22.0 Å². The number of nitrogens with zero attached hydrogens (tertiary/aromatic N) is 1. The lowest BCUT2D eigenvalue weighted by molar-refractivity contribution is -0.386. The number of nitrogens with two attached hydrogens (primary N) is 1. The summed E-state index contributed by atoms with van der Waals surface area (Å²) in [6.07, 6.45) is 0. The molecule has 0 aliphatic rings. The molecule has 0 saturated carbocycles. The highest BCUT2D eigenvalue weighted by atomic mass is 79.9. The van der Waals surface area contributed by atoms with Crippen LogP contribution in [0.5, 0.6) is 5.75 Å². The second-order valence-corrected chi connectivity index (χ2v) is 7.72. The molecule has 0 spiro atoms. The van der Waals surface area contributed by atoms with Crippen molar-refractivity contribution >= 4 is 31.6 Å². The Morgan fingerprint density at radius 1 is 1.48 bits per heavy atom. The van der Waals surface area contributed by atoms with Gasteiger partial charge < -0.3 is 4.74 Å². The van der Waals surface area contributed by atoms with E-state index in [1.807, 2.05) is 0 Å². The van der Waals surface area contributed by atoms with E-state index >= 15 is 0 Å². The lowest BCUT2D eigenvalue weighted by Gasteiger charge is -2.23. The van der Waals surface area contributed by atoms with Crippen molar-refractivity contribution in [3.8, 4) is 5.75 Å². The minimum atomic E-state index is -3.72. The quantitative estimate of drug-likeness (QED) is 0.596. The molecule has 0 aliphatic heterocycles. The Hall–Kier alpha value is -1.26. The summed E-state index contributed by atoms with van der Waals surface area (Å²) >= 11 is 2.98. The summed E-state index contributed by atoms with van der Waals surface area (Å²) in [6, 6.07) is 1.75. The van der Waals surface area contributed by atoms with Gasteiger partial charge >= 0.3 is 5.69 Å². The highest BCUT2D eigenvalue weighted by molar-refractivity contribution is 9.10. The monoisotopic (exact) mass is 384 g/mol. The Bertz CT molecular complexity index is 663. The summed E-state index contributed by atoms with van der Waals surface area (Å²) in [5, 5.41) is 15.9. The number of benzene rings is 1. The molecule has 118 valence electrons. The first-order valence-corrected chi connectivity index (χ1v) is 8.19. The SMILES string of the molecule is CC(C)(COc1c(Br)cc(F)cc1[N+](=O)[O-])CS(N)(=O)=O. The van der Waals surface area contributed by atoms with Crippen LogP contribution < -0.4 is 9.88 Å². The first kappa shape index (κ1) is 17.8. The van der Waals surface area contributed by atoms with Crippen LogP contribution in [0.2, 0.25) is 0 Å². The Kier molecular flexibility index (Phi) is 5.29. The van der Waals surface area contributed by atoms with Crippen LogP contribution in [-0.4, -0.2) is 25.7 Å². The third kappa shape index (κ3) is 5.56. The van der Waals surface area contributed by atoms with Gasteiger partial charge in [-0.2, -0.15) is 0 Å². The molecule has 0 radical (unpaired) electrons. The van der Waals surface area contributed by atoms with Crippen molar-refractivity contribution in [3.63, 3.8) is 0 Å². The summed E-state index contributed by atoms with van der Waals surface area (Å²) in [5.41, 5.74) is -1.41. The van der Waals surface area contributed by atoms with E-state index in [-0.39, 0.29) is 22.6 Å². The number of rotatable bonds is 6. The number of ether oxygens (including phenoxy) is 1. The van der Waals surface area contributed by atoms with E-state index < -0.39 is 31.9 Å². The molecule has 0 atom stereocenters. The maximum absolute atomic E-state index is 13.2.